The molecule has 3 nitrogen and oxygen atoms in total. The number of hydrogen-bond acceptors (Lipinski definition) is 3. The molecule has 1 aromatic carbocycles. The van der Waals surface area contributed by atoms with Crippen LogP contribution in [-0.4, -0.2) is 16.6 Å². The average molecular weight is 272 g/mol. The SMILES string of the molecule is Cc1ccc(SCC(=O)Nc2ccc(C)cn2)cc1. The maximum Gasteiger partial charge on any atom is 0.235 e. The Labute approximate surface area is 117 Å². The fourth-order valence-electron chi connectivity index (χ4n) is 1.50. The van der Waals surface area contributed by atoms with Crippen LogP contribution >= 0.6 is 11.8 Å². The Morgan fingerprint density at radius 3 is 2.42 bits per heavy atom. The van der Waals surface area contributed by atoms with Crippen molar-refractivity contribution < 1.29 is 4.79 Å². The fraction of sp³-hybridized carbons (Fsp3) is 0.200. The Morgan fingerprint density at radius 2 is 1.79 bits per heavy atom. The van der Waals surface area contributed by atoms with Gasteiger partial charge < -0.3 is 5.32 Å². The first-order chi connectivity index (χ1) is 9.13. The van der Waals surface area contributed by atoms with Crippen molar-refractivity contribution in [2.24, 2.45) is 0 Å². The van der Waals surface area contributed by atoms with E-state index in [0.717, 1.165) is 10.5 Å². The van der Waals surface area contributed by atoms with Crippen LogP contribution in [0.25, 0.3) is 0 Å². The fourth-order valence-corrected chi connectivity index (χ4v) is 2.20. The highest BCUT2D eigenvalue weighted by atomic mass is 32.2. The van der Waals surface area contributed by atoms with Crippen LogP contribution in [0.3, 0.4) is 0 Å². The minimum atomic E-state index is -0.0399. The minimum absolute atomic E-state index is 0.0399. The molecule has 0 saturated heterocycles. The zero-order valence-electron chi connectivity index (χ0n) is 11.0. The topological polar surface area (TPSA) is 42.0 Å². The van der Waals surface area contributed by atoms with Crippen LogP contribution < -0.4 is 5.32 Å². The van der Waals surface area contributed by atoms with Gasteiger partial charge >= 0.3 is 0 Å². The molecule has 19 heavy (non-hydrogen) atoms. The van der Waals surface area contributed by atoms with E-state index in [2.05, 4.69) is 10.3 Å². The maximum absolute atomic E-state index is 11.8. The number of carbonyl (C=O) groups is 1. The summed E-state index contributed by atoms with van der Waals surface area (Å²) in [5, 5.41) is 2.78. The molecule has 4 heteroatoms. The number of nitrogens with zero attached hydrogens (tertiary/aromatic N) is 1. The lowest BCUT2D eigenvalue weighted by Crippen LogP contribution is -2.14. The molecule has 2 aromatic rings. The van der Waals surface area contributed by atoms with Gasteiger partial charge in [-0.05, 0) is 37.6 Å². The van der Waals surface area contributed by atoms with E-state index in [0.29, 0.717) is 11.6 Å². The molecule has 98 valence electrons. The molecular weight excluding hydrogens is 256 g/mol. The number of aromatic nitrogens is 1. The van der Waals surface area contributed by atoms with Gasteiger partial charge in [-0.1, -0.05) is 23.8 Å². The van der Waals surface area contributed by atoms with Gasteiger partial charge in [-0.15, -0.1) is 11.8 Å². The summed E-state index contributed by atoms with van der Waals surface area (Å²) in [7, 11) is 0. The van der Waals surface area contributed by atoms with Crippen molar-refractivity contribution in [2.75, 3.05) is 11.1 Å². The van der Waals surface area contributed by atoms with Crippen molar-refractivity contribution in [1.29, 1.82) is 0 Å². The summed E-state index contributed by atoms with van der Waals surface area (Å²) < 4.78 is 0. The number of nitrogens with one attached hydrogen (secondary N) is 1. The predicted molar refractivity (Wildman–Crippen MR) is 79.5 cm³/mol. The third kappa shape index (κ3) is 4.41. The molecule has 0 aliphatic rings. The summed E-state index contributed by atoms with van der Waals surface area (Å²) in [6, 6.07) is 11.9. The van der Waals surface area contributed by atoms with Gasteiger partial charge in [0.1, 0.15) is 5.82 Å². The Kier molecular flexibility index (Phi) is 4.58. The summed E-state index contributed by atoms with van der Waals surface area (Å²) >= 11 is 1.52. The third-order valence-electron chi connectivity index (χ3n) is 2.57. The van der Waals surface area contributed by atoms with Gasteiger partial charge in [0.2, 0.25) is 5.91 Å². The average Bonchev–Trinajstić information content (AvgIpc) is 2.41. The van der Waals surface area contributed by atoms with Crippen LogP contribution in [0.1, 0.15) is 11.1 Å². The van der Waals surface area contributed by atoms with Crippen molar-refractivity contribution in [3.63, 3.8) is 0 Å². The van der Waals surface area contributed by atoms with Gasteiger partial charge in [0.15, 0.2) is 0 Å². The number of rotatable bonds is 4. The van der Waals surface area contributed by atoms with Gasteiger partial charge in [-0.3, -0.25) is 4.79 Å². The molecule has 1 heterocycles. The van der Waals surface area contributed by atoms with Crippen LogP contribution in [0.2, 0.25) is 0 Å². The monoisotopic (exact) mass is 272 g/mol. The first-order valence-electron chi connectivity index (χ1n) is 6.05. The smallest absolute Gasteiger partial charge is 0.235 e. The lowest BCUT2D eigenvalue weighted by atomic mass is 10.2. The summed E-state index contributed by atoms with van der Waals surface area (Å²) in [6.45, 7) is 4.01. The van der Waals surface area contributed by atoms with E-state index in [4.69, 9.17) is 0 Å². The first kappa shape index (κ1) is 13.6. The molecule has 1 aromatic heterocycles. The molecule has 0 radical (unpaired) electrons. The Balaban J connectivity index is 1.84. The Morgan fingerprint density at radius 1 is 1.11 bits per heavy atom. The number of amides is 1. The normalized spacial score (nSPS) is 10.2. The van der Waals surface area contributed by atoms with E-state index < -0.39 is 0 Å². The van der Waals surface area contributed by atoms with Crippen LogP contribution in [0, 0.1) is 13.8 Å². The van der Waals surface area contributed by atoms with Crippen LogP contribution in [0.15, 0.2) is 47.5 Å². The molecule has 0 saturated carbocycles. The summed E-state index contributed by atoms with van der Waals surface area (Å²) in [5.41, 5.74) is 2.30. The van der Waals surface area contributed by atoms with Crippen LogP contribution in [-0.2, 0) is 4.79 Å². The van der Waals surface area contributed by atoms with E-state index in [1.54, 1.807) is 6.20 Å². The predicted octanol–water partition coefficient (Wildman–Crippen LogP) is 3.43. The van der Waals surface area contributed by atoms with Gasteiger partial charge in [0.25, 0.3) is 0 Å². The summed E-state index contributed by atoms with van der Waals surface area (Å²) in [6.07, 6.45) is 1.74. The van der Waals surface area contributed by atoms with Crippen molar-refractivity contribution in [1.82, 2.24) is 4.98 Å². The van der Waals surface area contributed by atoms with Gasteiger partial charge in [-0.25, -0.2) is 4.98 Å². The second-order valence-corrected chi connectivity index (χ2v) is 5.42. The quantitative estimate of drug-likeness (QED) is 0.867. The molecule has 1 N–H and O–H groups in total. The Hall–Kier alpha value is -1.81. The van der Waals surface area contributed by atoms with Crippen molar-refractivity contribution >= 4 is 23.5 Å². The van der Waals surface area contributed by atoms with Gasteiger partial charge in [-0.2, -0.15) is 0 Å². The van der Waals surface area contributed by atoms with E-state index in [1.165, 1.54) is 17.3 Å². The molecule has 0 unspecified atom stereocenters. The second-order valence-electron chi connectivity index (χ2n) is 4.37. The number of benzene rings is 1. The standard InChI is InChI=1S/C15H16N2OS/c1-11-3-6-13(7-4-11)19-10-15(18)17-14-8-5-12(2)9-16-14/h3-9H,10H2,1-2H3,(H,16,17,18). The summed E-state index contributed by atoms with van der Waals surface area (Å²) in [5.74, 6) is 0.945. The Bertz CT molecular complexity index is 549. The largest absolute Gasteiger partial charge is 0.310 e. The highest BCUT2D eigenvalue weighted by Crippen LogP contribution is 2.18. The number of anilines is 1. The van der Waals surface area contributed by atoms with Crippen molar-refractivity contribution in [3.05, 3.63) is 53.7 Å². The molecule has 0 atom stereocenters. The summed E-state index contributed by atoms with van der Waals surface area (Å²) in [4.78, 5) is 17.0. The number of hydrogen-bond donors (Lipinski definition) is 1. The number of aryl methyl sites for hydroxylation is 2. The molecule has 0 fully saturated rings. The molecule has 2 rings (SSSR count). The van der Waals surface area contributed by atoms with Gasteiger partial charge in [0.05, 0.1) is 5.75 Å². The van der Waals surface area contributed by atoms with Crippen molar-refractivity contribution in [2.45, 2.75) is 18.7 Å². The van der Waals surface area contributed by atoms with E-state index in [9.17, 15) is 4.79 Å². The molecular formula is C15H16N2OS. The van der Waals surface area contributed by atoms with Gasteiger partial charge in [0, 0.05) is 11.1 Å². The zero-order valence-corrected chi connectivity index (χ0v) is 11.8. The first-order valence-corrected chi connectivity index (χ1v) is 7.04. The maximum atomic E-state index is 11.8. The van der Waals surface area contributed by atoms with Crippen molar-refractivity contribution in [3.8, 4) is 0 Å². The molecule has 1 amide bonds. The lowest BCUT2D eigenvalue weighted by Gasteiger charge is -2.05. The van der Waals surface area contributed by atoms with Crippen LogP contribution in [0.4, 0.5) is 5.82 Å². The molecule has 0 aliphatic heterocycles. The van der Waals surface area contributed by atoms with E-state index in [-0.39, 0.29) is 5.91 Å². The minimum Gasteiger partial charge on any atom is -0.310 e. The number of pyridine rings is 1. The number of carbonyl (C=O) groups excluding carboxylic acids is 1. The highest BCUT2D eigenvalue weighted by Gasteiger charge is 2.04. The van der Waals surface area contributed by atoms with Crippen LogP contribution in [0.5, 0.6) is 0 Å². The molecule has 0 spiro atoms. The third-order valence-corrected chi connectivity index (χ3v) is 3.58. The van der Waals surface area contributed by atoms with E-state index >= 15 is 0 Å². The molecule has 0 aliphatic carbocycles. The lowest BCUT2D eigenvalue weighted by molar-refractivity contribution is -0.113. The zero-order chi connectivity index (χ0) is 13.7. The molecule has 0 bridgehead atoms. The number of thioether (sulfide) groups is 1. The second kappa shape index (κ2) is 6.38. The van der Waals surface area contributed by atoms with E-state index in [1.807, 2.05) is 50.2 Å². The highest BCUT2D eigenvalue weighted by molar-refractivity contribution is 8.00.